The minimum Gasteiger partial charge on any atom is -0.356 e. The van der Waals surface area contributed by atoms with E-state index in [1.807, 2.05) is 0 Å². The van der Waals surface area contributed by atoms with Gasteiger partial charge in [0.05, 0.1) is 15.5 Å². The molecule has 3 rings (SSSR count). The summed E-state index contributed by atoms with van der Waals surface area (Å²) in [4.78, 5) is 19.3. The van der Waals surface area contributed by atoms with Crippen LogP contribution < -0.4 is 15.4 Å². The van der Waals surface area contributed by atoms with Crippen LogP contribution in [0.1, 0.15) is 36.0 Å². The zero-order valence-corrected chi connectivity index (χ0v) is 16.3. The van der Waals surface area contributed by atoms with E-state index in [0.29, 0.717) is 22.1 Å². The van der Waals surface area contributed by atoms with Crippen molar-refractivity contribution in [2.24, 2.45) is 5.14 Å². The second-order valence-electron chi connectivity index (χ2n) is 6.45. The molecule has 1 saturated heterocycles. The lowest BCUT2D eigenvalue weighted by Crippen LogP contribution is -2.28. The molecule has 1 aliphatic rings. The van der Waals surface area contributed by atoms with Gasteiger partial charge in [-0.05, 0) is 37.1 Å². The Morgan fingerprint density at radius 2 is 1.85 bits per heavy atom. The predicted molar refractivity (Wildman–Crippen MR) is 106 cm³/mol. The third kappa shape index (κ3) is 4.97. The van der Waals surface area contributed by atoms with Crippen molar-refractivity contribution in [2.75, 3.05) is 23.3 Å². The zero-order valence-electron chi connectivity index (χ0n) is 14.7. The van der Waals surface area contributed by atoms with Gasteiger partial charge in [-0.3, -0.25) is 4.79 Å². The Morgan fingerprint density at radius 3 is 2.52 bits per heavy atom. The second kappa shape index (κ2) is 8.24. The van der Waals surface area contributed by atoms with Crippen LogP contribution in [-0.2, 0) is 10.0 Å². The molecule has 0 aliphatic carbocycles. The fourth-order valence-electron chi connectivity index (χ4n) is 3.08. The highest BCUT2D eigenvalue weighted by molar-refractivity contribution is 7.89. The second-order valence-corrected chi connectivity index (χ2v) is 8.45. The molecule has 9 heteroatoms. The molecule has 1 aromatic carbocycles. The number of anilines is 2. The molecule has 3 N–H and O–H groups in total. The van der Waals surface area contributed by atoms with Gasteiger partial charge < -0.3 is 10.2 Å². The number of aromatic nitrogens is 1. The van der Waals surface area contributed by atoms with Crippen molar-refractivity contribution in [2.45, 2.75) is 30.6 Å². The zero-order chi connectivity index (χ0) is 19.4. The van der Waals surface area contributed by atoms with Crippen LogP contribution in [0.15, 0.2) is 41.4 Å². The quantitative estimate of drug-likeness (QED) is 0.808. The molecular formula is C18H21ClN4O3S. The average molecular weight is 409 g/mol. The Kier molecular flexibility index (Phi) is 5.98. The van der Waals surface area contributed by atoms with Gasteiger partial charge in [-0.2, -0.15) is 0 Å². The number of nitrogens with two attached hydrogens (primary N) is 1. The average Bonchev–Trinajstić information content (AvgIpc) is 2.90. The van der Waals surface area contributed by atoms with E-state index in [0.717, 1.165) is 38.8 Å². The summed E-state index contributed by atoms with van der Waals surface area (Å²) in [6.07, 6.45) is 5.93. The number of halogens is 1. The van der Waals surface area contributed by atoms with E-state index in [9.17, 15) is 13.2 Å². The first-order valence-corrected chi connectivity index (χ1v) is 10.6. The predicted octanol–water partition coefficient (Wildman–Crippen LogP) is 3.02. The Hall–Kier alpha value is -2.16. The largest absolute Gasteiger partial charge is 0.356 e. The number of rotatable bonds is 4. The number of nitrogens with zero attached hydrogens (tertiary/aromatic N) is 2. The van der Waals surface area contributed by atoms with Crippen LogP contribution in [0.5, 0.6) is 0 Å². The van der Waals surface area contributed by atoms with Crippen molar-refractivity contribution in [3.8, 4) is 0 Å². The topological polar surface area (TPSA) is 105 Å². The number of carbonyl (C=O) groups is 1. The minimum atomic E-state index is -3.85. The number of amides is 1. The number of carbonyl (C=O) groups excluding carboxylic acids is 1. The van der Waals surface area contributed by atoms with Crippen LogP contribution in [0.2, 0.25) is 5.02 Å². The molecule has 0 radical (unpaired) electrons. The number of hydrogen-bond donors (Lipinski definition) is 2. The summed E-state index contributed by atoms with van der Waals surface area (Å²) in [5.74, 6) is 0.178. The lowest BCUT2D eigenvalue weighted by molar-refractivity contribution is 0.102. The molecule has 2 aromatic rings. The smallest absolute Gasteiger partial charge is 0.259 e. The summed E-state index contributed by atoms with van der Waals surface area (Å²) in [6.45, 7) is 1.66. The molecule has 1 aliphatic heterocycles. The van der Waals surface area contributed by atoms with Crippen LogP contribution in [0.4, 0.5) is 11.5 Å². The molecule has 0 saturated carbocycles. The highest BCUT2D eigenvalue weighted by Gasteiger charge is 2.20. The number of primary sulfonamides is 1. The van der Waals surface area contributed by atoms with Crippen molar-refractivity contribution in [3.63, 3.8) is 0 Å². The molecule has 0 spiro atoms. The summed E-state index contributed by atoms with van der Waals surface area (Å²) in [5.41, 5.74) is 0.679. The normalized spacial score (nSPS) is 15.3. The van der Waals surface area contributed by atoms with Gasteiger partial charge in [0.25, 0.3) is 5.91 Å². The van der Waals surface area contributed by atoms with Crippen LogP contribution >= 0.6 is 11.6 Å². The fraction of sp³-hybridized carbons (Fsp3) is 0.333. The van der Waals surface area contributed by atoms with E-state index < -0.39 is 15.9 Å². The molecule has 0 bridgehead atoms. The number of benzene rings is 1. The van der Waals surface area contributed by atoms with E-state index in [1.165, 1.54) is 24.4 Å². The number of nitrogens with one attached hydrogen (secondary N) is 1. The van der Waals surface area contributed by atoms with Crippen molar-refractivity contribution in [1.29, 1.82) is 0 Å². The Morgan fingerprint density at radius 1 is 1.15 bits per heavy atom. The summed E-state index contributed by atoms with van der Waals surface area (Å²) >= 11 is 6.06. The van der Waals surface area contributed by atoms with Gasteiger partial charge in [-0.15, -0.1) is 0 Å². The van der Waals surface area contributed by atoms with Crippen LogP contribution in [0, 0.1) is 0 Å². The Balaban J connectivity index is 1.89. The van der Waals surface area contributed by atoms with Gasteiger partial charge in [0.2, 0.25) is 10.0 Å². The summed E-state index contributed by atoms with van der Waals surface area (Å²) in [6, 6.07) is 7.37. The van der Waals surface area contributed by atoms with E-state index in [-0.39, 0.29) is 4.90 Å². The first-order valence-electron chi connectivity index (χ1n) is 8.69. The molecular weight excluding hydrogens is 388 g/mol. The first kappa shape index (κ1) is 19.6. The van der Waals surface area contributed by atoms with Gasteiger partial charge in [-0.1, -0.05) is 30.5 Å². The third-order valence-electron chi connectivity index (χ3n) is 4.40. The monoisotopic (exact) mass is 408 g/mol. The molecule has 1 aromatic heterocycles. The first-order chi connectivity index (χ1) is 12.8. The van der Waals surface area contributed by atoms with E-state index in [1.54, 1.807) is 12.1 Å². The van der Waals surface area contributed by atoms with Gasteiger partial charge in [0, 0.05) is 25.0 Å². The summed E-state index contributed by atoms with van der Waals surface area (Å²) in [7, 11) is -3.85. The fourth-order valence-corrected chi connectivity index (χ4v) is 3.80. The molecule has 1 amide bonds. The number of sulfonamides is 1. The maximum absolute atomic E-state index is 12.9. The maximum Gasteiger partial charge on any atom is 0.259 e. The Bertz CT molecular complexity index is 941. The molecule has 7 nitrogen and oxygen atoms in total. The lowest BCUT2D eigenvalue weighted by Gasteiger charge is -2.23. The van der Waals surface area contributed by atoms with Gasteiger partial charge in [0.1, 0.15) is 5.82 Å². The summed E-state index contributed by atoms with van der Waals surface area (Å²) in [5, 5.41) is 8.22. The number of pyridine rings is 1. The standard InChI is InChI=1S/C18H21ClN4O3S/c19-13-10-16(17(21-12-13)23-8-3-1-2-4-9-23)18(24)22-14-6-5-7-15(11-14)27(20,25)26/h5-7,10-12H,1-4,8-9H2,(H,22,24)(H2,20,25,26). The van der Waals surface area contributed by atoms with Gasteiger partial charge in [-0.25, -0.2) is 18.5 Å². The van der Waals surface area contributed by atoms with Crippen molar-refractivity contribution in [3.05, 3.63) is 47.1 Å². The Labute approximate surface area is 163 Å². The van der Waals surface area contributed by atoms with E-state index >= 15 is 0 Å². The van der Waals surface area contributed by atoms with Crippen molar-refractivity contribution < 1.29 is 13.2 Å². The molecule has 1 fully saturated rings. The number of hydrogen-bond acceptors (Lipinski definition) is 5. The van der Waals surface area contributed by atoms with Crippen LogP contribution in [0.3, 0.4) is 0 Å². The van der Waals surface area contributed by atoms with Crippen molar-refractivity contribution in [1.82, 2.24) is 4.98 Å². The molecule has 0 atom stereocenters. The molecule has 2 heterocycles. The van der Waals surface area contributed by atoms with Crippen LogP contribution in [0.25, 0.3) is 0 Å². The van der Waals surface area contributed by atoms with E-state index in [2.05, 4.69) is 15.2 Å². The highest BCUT2D eigenvalue weighted by Crippen LogP contribution is 2.25. The third-order valence-corrected chi connectivity index (χ3v) is 5.52. The molecule has 27 heavy (non-hydrogen) atoms. The molecule has 0 unspecified atom stereocenters. The summed E-state index contributed by atoms with van der Waals surface area (Å²) < 4.78 is 23.0. The lowest BCUT2D eigenvalue weighted by atomic mass is 10.2. The maximum atomic E-state index is 12.9. The van der Waals surface area contributed by atoms with Crippen molar-refractivity contribution >= 4 is 39.0 Å². The highest BCUT2D eigenvalue weighted by atomic mass is 35.5. The van der Waals surface area contributed by atoms with Gasteiger partial charge in [0.15, 0.2) is 0 Å². The van der Waals surface area contributed by atoms with E-state index in [4.69, 9.17) is 16.7 Å². The minimum absolute atomic E-state index is 0.0720. The SMILES string of the molecule is NS(=O)(=O)c1cccc(NC(=O)c2cc(Cl)cnc2N2CCCCCC2)c1. The van der Waals surface area contributed by atoms with Crippen LogP contribution in [-0.4, -0.2) is 32.4 Å². The molecule has 144 valence electrons. The van der Waals surface area contributed by atoms with Gasteiger partial charge >= 0.3 is 0 Å².